The van der Waals surface area contributed by atoms with Gasteiger partial charge in [-0.1, -0.05) is 43.7 Å². The van der Waals surface area contributed by atoms with Crippen molar-refractivity contribution < 1.29 is 4.74 Å². The molecule has 1 aliphatic rings. The molecule has 0 aromatic heterocycles. The smallest absolute Gasteiger partial charge is 0.193 e. The number of likely N-dealkylation sites (tertiary alicyclic amines) is 1. The third-order valence-corrected chi connectivity index (χ3v) is 4.16. The second-order valence-corrected chi connectivity index (χ2v) is 6.19. The molecule has 0 saturated carbocycles. The Labute approximate surface area is 140 Å². The van der Waals surface area contributed by atoms with Gasteiger partial charge in [0.15, 0.2) is 5.96 Å². The molecular weight excluding hydrogens is 286 g/mol. The Hall–Kier alpha value is -1.55. The van der Waals surface area contributed by atoms with Crippen molar-refractivity contribution in [1.29, 1.82) is 0 Å². The zero-order valence-corrected chi connectivity index (χ0v) is 14.6. The SMILES string of the molecule is CCCCN=C(NCC)N1CCC(COCc2ccccc2)C1. The molecule has 0 spiro atoms. The predicted octanol–water partition coefficient (Wildman–Crippen LogP) is 3.29. The number of ether oxygens (including phenoxy) is 1. The van der Waals surface area contributed by atoms with Crippen molar-refractivity contribution in [3.63, 3.8) is 0 Å². The highest BCUT2D eigenvalue weighted by Gasteiger charge is 2.24. The molecule has 1 aromatic carbocycles. The highest BCUT2D eigenvalue weighted by Crippen LogP contribution is 2.17. The van der Waals surface area contributed by atoms with Crippen LogP contribution in [-0.4, -0.2) is 43.6 Å². The molecule has 1 heterocycles. The Kier molecular flexibility index (Phi) is 7.95. The molecule has 4 heteroatoms. The van der Waals surface area contributed by atoms with Crippen LogP contribution in [-0.2, 0) is 11.3 Å². The molecule has 1 aromatic rings. The lowest BCUT2D eigenvalue weighted by atomic mass is 10.1. The Morgan fingerprint density at radius 2 is 2.13 bits per heavy atom. The second kappa shape index (κ2) is 10.3. The molecule has 1 atom stereocenters. The lowest BCUT2D eigenvalue weighted by Gasteiger charge is -2.21. The maximum Gasteiger partial charge on any atom is 0.193 e. The number of unbranched alkanes of at least 4 members (excludes halogenated alkanes) is 1. The van der Waals surface area contributed by atoms with Crippen molar-refractivity contribution >= 4 is 5.96 Å². The van der Waals surface area contributed by atoms with Crippen LogP contribution in [0, 0.1) is 5.92 Å². The largest absolute Gasteiger partial charge is 0.376 e. The summed E-state index contributed by atoms with van der Waals surface area (Å²) in [7, 11) is 0. The third kappa shape index (κ3) is 6.22. The first-order chi connectivity index (χ1) is 11.3. The first kappa shape index (κ1) is 17.8. The Morgan fingerprint density at radius 3 is 2.87 bits per heavy atom. The summed E-state index contributed by atoms with van der Waals surface area (Å²) in [4.78, 5) is 7.12. The summed E-state index contributed by atoms with van der Waals surface area (Å²) in [5.74, 6) is 1.68. The van der Waals surface area contributed by atoms with Gasteiger partial charge in [-0.25, -0.2) is 0 Å². The minimum atomic E-state index is 0.605. The maximum absolute atomic E-state index is 5.90. The lowest BCUT2D eigenvalue weighted by molar-refractivity contribution is 0.0907. The van der Waals surface area contributed by atoms with Crippen molar-refractivity contribution in [3.8, 4) is 0 Å². The van der Waals surface area contributed by atoms with Crippen LogP contribution in [0.2, 0.25) is 0 Å². The van der Waals surface area contributed by atoms with Gasteiger partial charge < -0.3 is 15.0 Å². The van der Waals surface area contributed by atoms with Gasteiger partial charge in [-0.3, -0.25) is 4.99 Å². The van der Waals surface area contributed by atoms with E-state index in [1.54, 1.807) is 0 Å². The Morgan fingerprint density at radius 1 is 1.30 bits per heavy atom. The molecular formula is C19H31N3O. The van der Waals surface area contributed by atoms with E-state index in [0.29, 0.717) is 12.5 Å². The monoisotopic (exact) mass is 317 g/mol. The number of guanidine groups is 1. The fraction of sp³-hybridized carbons (Fsp3) is 0.632. The molecule has 0 aliphatic carbocycles. The van der Waals surface area contributed by atoms with Crippen LogP contribution >= 0.6 is 0 Å². The van der Waals surface area contributed by atoms with Gasteiger partial charge in [-0.15, -0.1) is 0 Å². The lowest BCUT2D eigenvalue weighted by Crippen LogP contribution is -2.40. The molecule has 2 rings (SSSR count). The van der Waals surface area contributed by atoms with E-state index in [-0.39, 0.29) is 0 Å². The van der Waals surface area contributed by atoms with E-state index in [9.17, 15) is 0 Å². The van der Waals surface area contributed by atoms with E-state index >= 15 is 0 Å². The Balaban J connectivity index is 1.74. The number of hydrogen-bond acceptors (Lipinski definition) is 2. The summed E-state index contributed by atoms with van der Waals surface area (Å²) >= 11 is 0. The first-order valence-corrected chi connectivity index (χ1v) is 8.98. The molecule has 23 heavy (non-hydrogen) atoms. The summed E-state index contributed by atoms with van der Waals surface area (Å²) in [6, 6.07) is 10.4. The van der Waals surface area contributed by atoms with Crippen LogP contribution in [0.3, 0.4) is 0 Å². The summed E-state index contributed by atoms with van der Waals surface area (Å²) in [5, 5.41) is 3.42. The van der Waals surface area contributed by atoms with Crippen LogP contribution in [0.1, 0.15) is 38.7 Å². The number of nitrogens with one attached hydrogen (secondary N) is 1. The molecule has 1 fully saturated rings. The average molecular weight is 317 g/mol. The molecule has 128 valence electrons. The van der Waals surface area contributed by atoms with Crippen LogP contribution in [0.15, 0.2) is 35.3 Å². The van der Waals surface area contributed by atoms with Crippen LogP contribution in [0.5, 0.6) is 0 Å². The standard InChI is InChI=1S/C19H31N3O/c1-3-5-12-21-19(20-4-2)22-13-11-18(14-22)16-23-15-17-9-7-6-8-10-17/h6-10,18H,3-5,11-16H2,1-2H3,(H,20,21). The van der Waals surface area contributed by atoms with Gasteiger partial charge >= 0.3 is 0 Å². The normalized spacial score (nSPS) is 18.4. The highest BCUT2D eigenvalue weighted by molar-refractivity contribution is 5.80. The highest BCUT2D eigenvalue weighted by atomic mass is 16.5. The van der Waals surface area contributed by atoms with Gasteiger partial charge in [-0.05, 0) is 25.3 Å². The first-order valence-electron chi connectivity index (χ1n) is 8.98. The van der Waals surface area contributed by atoms with Crippen LogP contribution in [0.4, 0.5) is 0 Å². The number of benzene rings is 1. The second-order valence-electron chi connectivity index (χ2n) is 6.19. The molecule has 1 N–H and O–H groups in total. The summed E-state index contributed by atoms with van der Waals surface area (Å²) in [6.45, 7) is 9.86. The number of rotatable bonds is 8. The minimum Gasteiger partial charge on any atom is -0.376 e. The van der Waals surface area contributed by atoms with Crippen molar-refractivity contribution in [1.82, 2.24) is 10.2 Å². The van der Waals surface area contributed by atoms with Gasteiger partial charge in [-0.2, -0.15) is 0 Å². The van der Waals surface area contributed by atoms with Crippen LogP contribution in [0.25, 0.3) is 0 Å². The number of hydrogen-bond donors (Lipinski definition) is 1. The zero-order valence-electron chi connectivity index (χ0n) is 14.6. The molecule has 4 nitrogen and oxygen atoms in total. The van der Waals surface area contributed by atoms with E-state index in [1.807, 2.05) is 6.07 Å². The van der Waals surface area contributed by atoms with Gasteiger partial charge in [0.05, 0.1) is 13.2 Å². The molecule has 1 aliphatic heterocycles. The van der Waals surface area contributed by atoms with Gasteiger partial charge in [0.2, 0.25) is 0 Å². The fourth-order valence-electron chi connectivity index (χ4n) is 2.85. The van der Waals surface area contributed by atoms with Gasteiger partial charge in [0.1, 0.15) is 0 Å². The van der Waals surface area contributed by atoms with Crippen molar-refractivity contribution in [2.24, 2.45) is 10.9 Å². The summed E-state index contributed by atoms with van der Waals surface area (Å²) in [6.07, 6.45) is 3.54. The number of aliphatic imine (C=N–C) groups is 1. The predicted molar refractivity (Wildman–Crippen MR) is 96.7 cm³/mol. The third-order valence-electron chi connectivity index (χ3n) is 4.16. The van der Waals surface area contributed by atoms with E-state index in [4.69, 9.17) is 9.73 Å². The number of nitrogens with zero attached hydrogens (tertiary/aromatic N) is 2. The molecule has 0 amide bonds. The van der Waals surface area contributed by atoms with E-state index in [1.165, 1.54) is 18.4 Å². The Bertz CT molecular complexity index is 461. The van der Waals surface area contributed by atoms with Gasteiger partial charge in [0, 0.05) is 32.1 Å². The van der Waals surface area contributed by atoms with Crippen molar-refractivity contribution in [2.45, 2.75) is 39.7 Å². The van der Waals surface area contributed by atoms with E-state index < -0.39 is 0 Å². The molecule has 0 radical (unpaired) electrons. The van der Waals surface area contributed by atoms with Crippen molar-refractivity contribution in [2.75, 3.05) is 32.8 Å². The summed E-state index contributed by atoms with van der Waals surface area (Å²) in [5.41, 5.74) is 1.25. The maximum atomic E-state index is 5.90. The topological polar surface area (TPSA) is 36.9 Å². The van der Waals surface area contributed by atoms with Gasteiger partial charge in [0.25, 0.3) is 0 Å². The van der Waals surface area contributed by atoms with E-state index in [0.717, 1.165) is 45.2 Å². The molecule has 1 unspecified atom stereocenters. The zero-order chi connectivity index (χ0) is 16.3. The quantitative estimate of drug-likeness (QED) is 0.454. The van der Waals surface area contributed by atoms with E-state index in [2.05, 4.69) is 48.3 Å². The average Bonchev–Trinajstić information content (AvgIpc) is 3.04. The fourth-order valence-corrected chi connectivity index (χ4v) is 2.85. The van der Waals surface area contributed by atoms with Crippen molar-refractivity contribution in [3.05, 3.63) is 35.9 Å². The molecule has 0 bridgehead atoms. The minimum absolute atomic E-state index is 0.605. The summed E-state index contributed by atoms with van der Waals surface area (Å²) < 4.78 is 5.90. The molecule has 1 saturated heterocycles. The van der Waals surface area contributed by atoms with Crippen LogP contribution < -0.4 is 5.32 Å².